The fourth-order valence-corrected chi connectivity index (χ4v) is 2.39. The third kappa shape index (κ3) is 3.53. The second-order valence-corrected chi connectivity index (χ2v) is 9.04. The third-order valence-electron chi connectivity index (χ3n) is 2.79. The van der Waals surface area contributed by atoms with Gasteiger partial charge in [-0.1, -0.05) is 6.92 Å². The predicted molar refractivity (Wildman–Crippen MR) is 60.8 cm³/mol. The predicted octanol–water partition coefficient (Wildman–Crippen LogP) is 2.17. The average Bonchev–Trinajstić information content (AvgIpc) is 2.27. The lowest BCUT2D eigenvalue weighted by atomic mass is 10.0. The molecule has 78 valence electrons. The van der Waals surface area contributed by atoms with Crippen LogP contribution in [0.5, 0.6) is 0 Å². The molecule has 0 saturated carbocycles. The Morgan fingerprint density at radius 1 is 1.38 bits per heavy atom. The van der Waals surface area contributed by atoms with Crippen molar-refractivity contribution in [3.05, 3.63) is 0 Å². The van der Waals surface area contributed by atoms with Crippen LogP contribution in [0.2, 0.25) is 0 Å². The molecule has 0 spiro atoms. The summed E-state index contributed by atoms with van der Waals surface area (Å²) in [5, 5.41) is 0. The molecule has 1 heterocycles. The Hall–Kier alpha value is 0.350. The van der Waals surface area contributed by atoms with Gasteiger partial charge in [-0.25, -0.2) is 4.52 Å². The van der Waals surface area contributed by atoms with Gasteiger partial charge in [-0.2, -0.15) is 0 Å². The molecule has 0 aliphatic carbocycles. The lowest BCUT2D eigenvalue weighted by Crippen LogP contribution is -2.32. The van der Waals surface area contributed by atoms with E-state index in [2.05, 4.69) is 38.9 Å². The third-order valence-corrected chi connectivity index (χ3v) is 3.72. The zero-order valence-electron chi connectivity index (χ0n) is 9.58. The van der Waals surface area contributed by atoms with Crippen LogP contribution in [0.15, 0.2) is 0 Å². The summed E-state index contributed by atoms with van der Waals surface area (Å²) in [5.41, 5.74) is 0. The molecule has 1 saturated heterocycles. The highest BCUT2D eigenvalue weighted by Crippen LogP contribution is 2.48. The van der Waals surface area contributed by atoms with Crippen LogP contribution < -0.4 is 0 Å². The van der Waals surface area contributed by atoms with Crippen molar-refractivity contribution in [2.45, 2.75) is 19.4 Å². The quantitative estimate of drug-likeness (QED) is 0.653. The van der Waals surface area contributed by atoms with E-state index in [-0.39, 0.29) is 0 Å². The fourth-order valence-electron chi connectivity index (χ4n) is 1.79. The van der Waals surface area contributed by atoms with E-state index < -0.39 is 7.49 Å². The fraction of sp³-hybridized carbons (Fsp3) is 1.00. The average molecular weight is 204 g/mol. The zero-order chi connectivity index (χ0) is 10.1. The van der Waals surface area contributed by atoms with E-state index in [0.29, 0.717) is 6.04 Å². The minimum absolute atomic E-state index is 0.652. The minimum Gasteiger partial charge on any atom is -0.301 e. The van der Waals surface area contributed by atoms with Crippen LogP contribution in [0.1, 0.15) is 13.3 Å². The smallest absolute Gasteiger partial charge is 0.136 e. The number of nitrogens with zero attached hydrogens (tertiary/aromatic N) is 1. The van der Waals surface area contributed by atoms with Gasteiger partial charge in [0.05, 0.1) is 20.0 Å². The van der Waals surface area contributed by atoms with Crippen LogP contribution in [-0.4, -0.2) is 51.1 Å². The van der Waals surface area contributed by atoms with E-state index in [1.165, 1.54) is 13.0 Å². The SMILES string of the molecule is CC1CCN(C)C1CO[P+](C)(C)C. The van der Waals surface area contributed by atoms with Crippen molar-refractivity contribution in [3.8, 4) is 0 Å². The molecule has 0 aromatic heterocycles. The van der Waals surface area contributed by atoms with Gasteiger partial charge in [-0.3, -0.25) is 0 Å². The van der Waals surface area contributed by atoms with Gasteiger partial charge < -0.3 is 4.90 Å². The van der Waals surface area contributed by atoms with Crippen LogP contribution in [0.3, 0.4) is 0 Å². The number of rotatable bonds is 3. The number of hydrogen-bond donors (Lipinski definition) is 0. The molecule has 2 atom stereocenters. The Balaban J connectivity index is 2.35. The topological polar surface area (TPSA) is 12.5 Å². The van der Waals surface area contributed by atoms with Crippen LogP contribution >= 0.6 is 7.49 Å². The van der Waals surface area contributed by atoms with Gasteiger partial charge in [0, 0.05) is 6.04 Å². The van der Waals surface area contributed by atoms with Crippen molar-refractivity contribution in [2.24, 2.45) is 5.92 Å². The summed E-state index contributed by atoms with van der Waals surface area (Å²) in [6, 6.07) is 0.652. The lowest BCUT2D eigenvalue weighted by molar-refractivity contribution is 0.185. The van der Waals surface area contributed by atoms with Gasteiger partial charge in [-0.05, 0) is 25.9 Å². The molecule has 0 amide bonds. The molecule has 3 heteroatoms. The van der Waals surface area contributed by atoms with Gasteiger partial charge in [0.15, 0.2) is 0 Å². The number of likely N-dealkylation sites (N-methyl/N-ethyl adjacent to an activating group) is 1. The maximum absolute atomic E-state index is 5.92. The highest BCUT2D eigenvalue weighted by atomic mass is 31.2. The van der Waals surface area contributed by atoms with Crippen LogP contribution in [0.25, 0.3) is 0 Å². The minimum atomic E-state index is -1.05. The van der Waals surface area contributed by atoms with Crippen molar-refractivity contribution in [1.82, 2.24) is 4.90 Å². The van der Waals surface area contributed by atoms with Crippen LogP contribution in [-0.2, 0) is 4.52 Å². The highest BCUT2D eigenvalue weighted by Gasteiger charge is 2.31. The molecule has 13 heavy (non-hydrogen) atoms. The second kappa shape index (κ2) is 4.25. The normalized spacial score (nSPS) is 31.2. The Labute approximate surface area is 83.1 Å². The molecule has 0 aromatic carbocycles. The van der Waals surface area contributed by atoms with Crippen LogP contribution in [0, 0.1) is 5.92 Å². The molecule has 0 aromatic rings. The Morgan fingerprint density at radius 2 is 2.00 bits per heavy atom. The van der Waals surface area contributed by atoms with Crippen LogP contribution in [0.4, 0.5) is 0 Å². The van der Waals surface area contributed by atoms with E-state index in [9.17, 15) is 0 Å². The van der Waals surface area contributed by atoms with E-state index in [1.807, 2.05) is 0 Å². The molecular formula is C10H23NOP+. The second-order valence-electron chi connectivity index (χ2n) is 5.00. The highest BCUT2D eigenvalue weighted by molar-refractivity contribution is 7.69. The molecule has 0 N–H and O–H groups in total. The zero-order valence-corrected chi connectivity index (χ0v) is 10.5. The molecule has 1 aliphatic rings. The van der Waals surface area contributed by atoms with Gasteiger partial charge in [0.2, 0.25) is 0 Å². The maximum atomic E-state index is 5.92. The summed E-state index contributed by atoms with van der Waals surface area (Å²) in [7, 11) is 1.16. The van der Waals surface area contributed by atoms with E-state index in [4.69, 9.17) is 4.52 Å². The van der Waals surface area contributed by atoms with Gasteiger partial charge >= 0.3 is 0 Å². The molecule has 2 nitrogen and oxygen atoms in total. The monoisotopic (exact) mass is 204 g/mol. The van der Waals surface area contributed by atoms with Crippen molar-refractivity contribution in [2.75, 3.05) is 40.2 Å². The summed E-state index contributed by atoms with van der Waals surface area (Å²) < 4.78 is 5.92. The first-order valence-corrected chi connectivity index (χ1v) is 8.11. The summed E-state index contributed by atoms with van der Waals surface area (Å²) in [5.74, 6) is 0.802. The van der Waals surface area contributed by atoms with Crippen molar-refractivity contribution in [1.29, 1.82) is 0 Å². The van der Waals surface area contributed by atoms with Crippen molar-refractivity contribution >= 4 is 7.49 Å². The summed E-state index contributed by atoms with van der Waals surface area (Å²) in [6.07, 6.45) is 1.33. The lowest BCUT2D eigenvalue weighted by Gasteiger charge is -2.23. The molecule has 1 fully saturated rings. The molecule has 0 bridgehead atoms. The maximum Gasteiger partial charge on any atom is 0.136 e. The number of likely N-dealkylation sites (tertiary alicyclic amines) is 1. The summed E-state index contributed by atoms with van der Waals surface area (Å²) >= 11 is 0. The van der Waals surface area contributed by atoms with Crippen molar-refractivity contribution in [3.63, 3.8) is 0 Å². The summed E-state index contributed by atoms with van der Waals surface area (Å²) in [4.78, 5) is 2.43. The van der Waals surface area contributed by atoms with Gasteiger partial charge in [-0.15, -0.1) is 0 Å². The Bertz CT molecular complexity index is 157. The van der Waals surface area contributed by atoms with Gasteiger partial charge in [0.1, 0.15) is 14.1 Å². The van der Waals surface area contributed by atoms with E-state index >= 15 is 0 Å². The molecule has 2 unspecified atom stereocenters. The molecule has 1 aliphatic heterocycles. The molecule has 0 radical (unpaired) electrons. The Morgan fingerprint density at radius 3 is 2.38 bits per heavy atom. The Kier molecular flexibility index (Phi) is 3.73. The van der Waals surface area contributed by atoms with Crippen molar-refractivity contribution < 1.29 is 4.52 Å². The largest absolute Gasteiger partial charge is 0.301 e. The van der Waals surface area contributed by atoms with Gasteiger partial charge in [0.25, 0.3) is 0 Å². The summed E-state index contributed by atoms with van der Waals surface area (Å²) in [6.45, 7) is 11.2. The first kappa shape index (κ1) is 11.4. The first-order valence-electron chi connectivity index (χ1n) is 5.06. The van der Waals surface area contributed by atoms with E-state index in [1.54, 1.807) is 0 Å². The van der Waals surface area contributed by atoms with E-state index in [0.717, 1.165) is 12.5 Å². The molecule has 1 rings (SSSR count). The first-order chi connectivity index (χ1) is 5.90. The number of hydrogen-bond acceptors (Lipinski definition) is 2. The molecular weight excluding hydrogens is 181 g/mol. The standard InChI is InChI=1S/C10H23NOP/c1-9-6-7-11(2)10(9)8-12-13(3,4)5/h9-10H,6-8H2,1-5H3/q+1.